The maximum absolute atomic E-state index is 11.1. The fourth-order valence-corrected chi connectivity index (χ4v) is 2.69. The minimum Gasteiger partial charge on any atom is -0.478 e. The van der Waals surface area contributed by atoms with Gasteiger partial charge in [0.15, 0.2) is 0 Å². The SMILES string of the molecule is CC1CC(C)N(Cc2ccccc2C(=O)O)C1. The molecule has 1 N–H and O–H groups in total. The Bertz CT molecular complexity index is 416. The normalized spacial score (nSPS) is 25.1. The van der Waals surface area contributed by atoms with Crippen LogP contribution in [-0.2, 0) is 6.54 Å². The lowest BCUT2D eigenvalue weighted by Crippen LogP contribution is -2.27. The molecule has 92 valence electrons. The molecule has 1 fully saturated rings. The minimum absolute atomic E-state index is 0.430. The Morgan fingerprint density at radius 1 is 1.41 bits per heavy atom. The van der Waals surface area contributed by atoms with Crippen molar-refractivity contribution in [2.75, 3.05) is 6.54 Å². The Morgan fingerprint density at radius 3 is 2.71 bits per heavy atom. The van der Waals surface area contributed by atoms with Gasteiger partial charge in [-0.25, -0.2) is 4.79 Å². The molecule has 1 aliphatic heterocycles. The Labute approximate surface area is 102 Å². The molecule has 1 heterocycles. The molecule has 3 heteroatoms. The first kappa shape index (κ1) is 12.1. The van der Waals surface area contributed by atoms with Gasteiger partial charge in [0, 0.05) is 19.1 Å². The van der Waals surface area contributed by atoms with Crippen molar-refractivity contribution in [2.24, 2.45) is 5.92 Å². The Hall–Kier alpha value is -1.35. The van der Waals surface area contributed by atoms with Gasteiger partial charge in [-0.3, -0.25) is 4.90 Å². The largest absolute Gasteiger partial charge is 0.478 e. The standard InChI is InChI=1S/C14H19NO2/c1-10-7-11(2)15(8-10)9-12-5-3-4-6-13(12)14(16)17/h3-6,10-11H,7-9H2,1-2H3,(H,16,17). The van der Waals surface area contributed by atoms with E-state index in [0.717, 1.165) is 18.7 Å². The molecule has 0 radical (unpaired) electrons. The molecule has 1 aliphatic rings. The predicted octanol–water partition coefficient (Wildman–Crippen LogP) is 2.62. The Morgan fingerprint density at radius 2 is 2.12 bits per heavy atom. The molecule has 2 atom stereocenters. The second kappa shape index (κ2) is 4.88. The highest BCUT2D eigenvalue weighted by molar-refractivity contribution is 5.89. The van der Waals surface area contributed by atoms with Crippen LogP contribution in [0.1, 0.15) is 36.2 Å². The summed E-state index contributed by atoms with van der Waals surface area (Å²) >= 11 is 0. The summed E-state index contributed by atoms with van der Waals surface area (Å²) in [5.41, 5.74) is 1.35. The molecule has 1 aromatic carbocycles. The third kappa shape index (κ3) is 2.67. The third-order valence-electron chi connectivity index (χ3n) is 3.53. The highest BCUT2D eigenvalue weighted by atomic mass is 16.4. The summed E-state index contributed by atoms with van der Waals surface area (Å²) in [7, 11) is 0. The summed E-state index contributed by atoms with van der Waals surface area (Å²) in [6, 6.07) is 7.84. The van der Waals surface area contributed by atoms with Gasteiger partial charge in [0.25, 0.3) is 0 Å². The van der Waals surface area contributed by atoms with Gasteiger partial charge in [0.2, 0.25) is 0 Å². The number of hydrogen-bond acceptors (Lipinski definition) is 2. The first-order chi connectivity index (χ1) is 8.08. The van der Waals surface area contributed by atoms with Crippen LogP contribution in [0, 0.1) is 5.92 Å². The van der Waals surface area contributed by atoms with Crippen molar-refractivity contribution in [2.45, 2.75) is 32.9 Å². The summed E-state index contributed by atoms with van der Waals surface area (Å²) in [4.78, 5) is 13.5. The molecule has 1 saturated heterocycles. The van der Waals surface area contributed by atoms with Crippen molar-refractivity contribution >= 4 is 5.97 Å². The van der Waals surface area contributed by atoms with E-state index < -0.39 is 5.97 Å². The van der Waals surface area contributed by atoms with Gasteiger partial charge in [0.05, 0.1) is 5.56 Å². The second-order valence-corrected chi connectivity index (χ2v) is 5.08. The number of likely N-dealkylation sites (tertiary alicyclic amines) is 1. The van der Waals surface area contributed by atoms with E-state index >= 15 is 0 Å². The molecule has 0 amide bonds. The van der Waals surface area contributed by atoms with Crippen LogP contribution in [0.3, 0.4) is 0 Å². The van der Waals surface area contributed by atoms with Gasteiger partial charge in [-0.1, -0.05) is 25.1 Å². The minimum atomic E-state index is -0.833. The van der Waals surface area contributed by atoms with E-state index in [2.05, 4.69) is 18.7 Å². The van der Waals surface area contributed by atoms with Crippen molar-refractivity contribution in [3.63, 3.8) is 0 Å². The van der Waals surface area contributed by atoms with Gasteiger partial charge in [-0.05, 0) is 30.9 Å². The molecule has 0 aromatic heterocycles. The number of carboxylic acids is 1. The van der Waals surface area contributed by atoms with Crippen molar-refractivity contribution in [3.8, 4) is 0 Å². The van der Waals surface area contributed by atoms with Crippen molar-refractivity contribution in [1.82, 2.24) is 4.90 Å². The smallest absolute Gasteiger partial charge is 0.336 e. The number of carbonyl (C=O) groups is 1. The lowest BCUT2D eigenvalue weighted by Gasteiger charge is -2.21. The first-order valence-corrected chi connectivity index (χ1v) is 6.13. The third-order valence-corrected chi connectivity index (χ3v) is 3.53. The zero-order valence-electron chi connectivity index (χ0n) is 10.4. The van der Waals surface area contributed by atoms with E-state index in [4.69, 9.17) is 5.11 Å². The lowest BCUT2D eigenvalue weighted by atomic mass is 10.1. The molecule has 3 nitrogen and oxygen atoms in total. The fraction of sp³-hybridized carbons (Fsp3) is 0.500. The number of rotatable bonds is 3. The van der Waals surface area contributed by atoms with E-state index in [1.165, 1.54) is 6.42 Å². The molecule has 2 unspecified atom stereocenters. The van der Waals surface area contributed by atoms with Crippen molar-refractivity contribution in [1.29, 1.82) is 0 Å². The molecule has 0 aliphatic carbocycles. The number of nitrogens with zero attached hydrogens (tertiary/aromatic N) is 1. The van der Waals surface area contributed by atoms with Crippen LogP contribution < -0.4 is 0 Å². The lowest BCUT2D eigenvalue weighted by molar-refractivity contribution is 0.0694. The summed E-state index contributed by atoms with van der Waals surface area (Å²) < 4.78 is 0. The van der Waals surface area contributed by atoms with Gasteiger partial charge in [-0.15, -0.1) is 0 Å². The maximum atomic E-state index is 11.1. The van der Waals surface area contributed by atoms with E-state index in [9.17, 15) is 4.79 Å². The van der Waals surface area contributed by atoms with Crippen LogP contribution in [0.25, 0.3) is 0 Å². The molecule has 0 spiro atoms. The average Bonchev–Trinajstić information content (AvgIpc) is 2.58. The van der Waals surface area contributed by atoms with Gasteiger partial charge in [-0.2, -0.15) is 0 Å². The van der Waals surface area contributed by atoms with E-state index in [1.54, 1.807) is 12.1 Å². The zero-order chi connectivity index (χ0) is 12.4. The summed E-state index contributed by atoms with van der Waals surface area (Å²) in [6.45, 7) is 6.27. The molecular formula is C14H19NO2. The molecular weight excluding hydrogens is 214 g/mol. The highest BCUT2D eigenvalue weighted by Crippen LogP contribution is 2.25. The Balaban J connectivity index is 2.16. The van der Waals surface area contributed by atoms with Gasteiger partial charge >= 0.3 is 5.97 Å². The second-order valence-electron chi connectivity index (χ2n) is 5.08. The van der Waals surface area contributed by atoms with Crippen molar-refractivity contribution < 1.29 is 9.90 Å². The topological polar surface area (TPSA) is 40.5 Å². The molecule has 0 saturated carbocycles. The Kier molecular flexibility index (Phi) is 3.48. The molecule has 17 heavy (non-hydrogen) atoms. The van der Waals surface area contributed by atoms with Crippen LogP contribution in [0.5, 0.6) is 0 Å². The van der Waals surface area contributed by atoms with Crippen LogP contribution in [0.4, 0.5) is 0 Å². The van der Waals surface area contributed by atoms with Crippen LogP contribution in [0.2, 0.25) is 0 Å². The van der Waals surface area contributed by atoms with Gasteiger partial charge < -0.3 is 5.11 Å². The van der Waals surface area contributed by atoms with E-state index in [1.807, 2.05) is 12.1 Å². The summed E-state index contributed by atoms with van der Waals surface area (Å²) in [5, 5.41) is 9.14. The number of carboxylic acid groups (broad SMARTS) is 1. The number of hydrogen-bond donors (Lipinski definition) is 1. The molecule has 0 bridgehead atoms. The van der Waals surface area contributed by atoms with Gasteiger partial charge in [0.1, 0.15) is 0 Å². The molecule has 2 rings (SSSR count). The first-order valence-electron chi connectivity index (χ1n) is 6.13. The average molecular weight is 233 g/mol. The van der Waals surface area contributed by atoms with Crippen LogP contribution >= 0.6 is 0 Å². The summed E-state index contributed by atoms with van der Waals surface area (Å²) in [6.07, 6.45) is 1.20. The zero-order valence-corrected chi connectivity index (χ0v) is 10.4. The van der Waals surface area contributed by atoms with E-state index in [0.29, 0.717) is 17.5 Å². The molecule has 1 aromatic rings. The van der Waals surface area contributed by atoms with E-state index in [-0.39, 0.29) is 0 Å². The highest BCUT2D eigenvalue weighted by Gasteiger charge is 2.26. The van der Waals surface area contributed by atoms with Crippen molar-refractivity contribution in [3.05, 3.63) is 35.4 Å². The quantitative estimate of drug-likeness (QED) is 0.872. The predicted molar refractivity (Wildman–Crippen MR) is 67.1 cm³/mol. The summed E-state index contributed by atoms with van der Waals surface area (Å²) in [5.74, 6) is -0.123. The van der Waals surface area contributed by atoms with Crippen LogP contribution in [0.15, 0.2) is 24.3 Å². The number of benzene rings is 1. The fourth-order valence-electron chi connectivity index (χ4n) is 2.69. The maximum Gasteiger partial charge on any atom is 0.336 e. The monoisotopic (exact) mass is 233 g/mol. The number of aromatic carboxylic acids is 1. The van der Waals surface area contributed by atoms with Crippen LogP contribution in [-0.4, -0.2) is 28.6 Å².